The van der Waals surface area contributed by atoms with E-state index in [-0.39, 0.29) is 24.9 Å². The van der Waals surface area contributed by atoms with Crippen molar-refractivity contribution in [3.8, 4) is 17.6 Å². The van der Waals surface area contributed by atoms with E-state index in [4.69, 9.17) is 25.7 Å². The maximum absolute atomic E-state index is 12.8. The topological polar surface area (TPSA) is 140 Å². The molecule has 0 saturated carbocycles. The zero-order valence-corrected chi connectivity index (χ0v) is 22.6. The largest absolute Gasteiger partial charge is 0.493 e. The van der Waals surface area contributed by atoms with Crippen molar-refractivity contribution < 1.29 is 24.2 Å². The van der Waals surface area contributed by atoms with Crippen LogP contribution in [0.25, 0.3) is 10.9 Å². The van der Waals surface area contributed by atoms with E-state index in [2.05, 4.69) is 23.0 Å². The molecule has 38 heavy (non-hydrogen) atoms. The molecule has 1 unspecified atom stereocenters. The van der Waals surface area contributed by atoms with Gasteiger partial charge < -0.3 is 19.1 Å². The molecule has 9 heteroatoms. The van der Waals surface area contributed by atoms with Crippen LogP contribution in [0.5, 0.6) is 11.5 Å². The van der Waals surface area contributed by atoms with Crippen LogP contribution in [0.15, 0.2) is 12.1 Å². The number of hydrogen-bond donors (Lipinski definition) is 3. The number of nitriles is 1. The van der Waals surface area contributed by atoms with Gasteiger partial charge in [-0.1, -0.05) is 32.6 Å². The second-order valence-corrected chi connectivity index (χ2v) is 10.0. The molecule has 4 N–H and O–H groups in total. The van der Waals surface area contributed by atoms with Crippen LogP contribution < -0.4 is 20.7 Å². The first-order valence-corrected chi connectivity index (χ1v) is 14.1. The number of benzene rings is 1. The number of aromatic nitrogens is 1. The number of nitrogens with two attached hydrogens (primary N) is 1. The Morgan fingerprint density at radius 1 is 1.13 bits per heavy atom. The molecule has 0 fully saturated rings. The number of carboxylic acids is 1. The molecular formula is C29H42N4O5. The highest BCUT2D eigenvalue weighted by atomic mass is 16.5. The predicted molar refractivity (Wildman–Crippen MR) is 146 cm³/mol. The monoisotopic (exact) mass is 526 g/mol. The quantitative estimate of drug-likeness (QED) is 0.109. The number of carbonyl (C=O) groups is 2. The number of aliphatic carboxylic acids is 1. The van der Waals surface area contributed by atoms with Crippen molar-refractivity contribution in [2.75, 3.05) is 13.2 Å². The average Bonchev–Trinajstić information content (AvgIpc) is 3.24. The van der Waals surface area contributed by atoms with Crippen LogP contribution in [-0.4, -0.2) is 34.8 Å². The first-order valence-electron chi connectivity index (χ1n) is 14.1. The maximum Gasteiger partial charge on any atom is 0.303 e. The number of fused-ring (bicyclic) bond motifs is 3. The van der Waals surface area contributed by atoms with E-state index in [1.54, 1.807) is 0 Å². The van der Waals surface area contributed by atoms with Gasteiger partial charge in [-0.3, -0.25) is 15.0 Å². The molecule has 0 saturated heterocycles. The highest BCUT2D eigenvalue weighted by Gasteiger charge is 2.33. The second kappa shape index (κ2) is 15.2. The zero-order valence-electron chi connectivity index (χ0n) is 22.6. The number of unbranched alkanes of at least 4 members (excludes halogenated alkanes) is 6. The molecule has 208 valence electrons. The van der Waals surface area contributed by atoms with Gasteiger partial charge in [-0.25, -0.2) is 5.84 Å². The summed E-state index contributed by atoms with van der Waals surface area (Å²) in [4.78, 5) is 23.7. The third-order valence-electron chi connectivity index (χ3n) is 7.14. The minimum Gasteiger partial charge on any atom is -0.493 e. The molecule has 1 aliphatic carbocycles. The van der Waals surface area contributed by atoms with Gasteiger partial charge in [-0.15, -0.1) is 0 Å². The summed E-state index contributed by atoms with van der Waals surface area (Å²) in [5.74, 6) is 5.55. The first-order chi connectivity index (χ1) is 18.5. The summed E-state index contributed by atoms with van der Waals surface area (Å²) in [5, 5.41) is 18.6. The number of carboxylic acid groups (broad SMARTS) is 1. The van der Waals surface area contributed by atoms with Crippen LogP contribution in [0.4, 0.5) is 0 Å². The standard InChI is InChI=1S/C29H42N4O5/c1-2-17-38-25-20-21(37-18-11-14-26(34)35)19-23-27-22(29(36)32-31)12-10-13-24(27)33(28(23)25)16-9-7-5-3-4-6-8-15-30/h19-20,22H,2-14,16-18,31H2,1H3,(H,32,36)(H,34,35). The van der Waals surface area contributed by atoms with Crippen molar-refractivity contribution in [3.63, 3.8) is 0 Å². The van der Waals surface area contributed by atoms with Crippen molar-refractivity contribution >= 4 is 22.8 Å². The van der Waals surface area contributed by atoms with Gasteiger partial charge in [0.15, 0.2) is 0 Å². The van der Waals surface area contributed by atoms with E-state index in [0.717, 1.165) is 93.0 Å². The van der Waals surface area contributed by atoms with Gasteiger partial charge in [-0.05, 0) is 56.6 Å². The molecule has 1 aromatic carbocycles. The second-order valence-electron chi connectivity index (χ2n) is 10.0. The normalized spacial score (nSPS) is 14.6. The van der Waals surface area contributed by atoms with Crippen LogP contribution >= 0.6 is 0 Å². The highest BCUT2D eigenvalue weighted by molar-refractivity contribution is 5.97. The molecule has 1 atom stereocenters. The lowest BCUT2D eigenvalue weighted by molar-refractivity contribution is -0.137. The van der Waals surface area contributed by atoms with Crippen molar-refractivity contribution in [2.45, 2.75) is 103 Å². The number of hydrazine groups is 1. The highest BCUT2D eigenvalue weighted by Crippen LogP contribution is 2.44. The van der Waals surface area contributed by atoms with Gasteiger partial charge in [0, 0.05) is 36.5 Å². The van der Waals surface area contributed by atoms with Gasteiger partial charge in [0.2, 0.25) is 5.91 Å². The van der Waals surface area contributed by atoms with E-state index >= 15 is 0 Å². The Bertz CT molecular complexity index is 1120. The lowest BCUT2D eigenvalue weighted by Crippen LogP contribution is -2.36. The molecule has 1 heterocycles. The van der Waals surface area contributed by atoms with Crippen LogP contribution in [0.3, 0.4) is 0 Å². The van der Waals surface area contributed by atoms with Gasteiger partial charge in [0.25, 0.3) is 0 Å². The van der Waals surface area contributed by atoms with E-state index in [1.165, 1.54) is 5.69 Å². The van der Waals surface area contributed by atoms with Gasteiger partial charge >= 0.3 is 5.97 Å². The number of carbonyl (C=O) groups excluding carboxylic acids is 1. The zero-order chi connectivity index (χ0) is 27.3. The Balaban J connectivity index is 1.94. The average molecular weight is 527 g/mol. The fourth-order valence-electron chi connectivity index (χ4n) is 5.39. The van der Waals surface area contributed by atoms with E-state index in [1.807, 2.05) is 12.1 Å². The molecular weight excluding hydrogens is 484 g/mol. The third kappa shape index (κ3) is 7.64. The summed E-state index contributed by atoms with van der Waals surface area (Å²) in [7, 11) is 0. The summed E-state index contributed by atoms with van der Waals surface area (Å²) in [6.45, 7) is 3.74. The van der Waals surface area contributed by atoms with E-state index in [9.17, 15) is 9.59 Å². The Kier molecular flexibility index (Phi) is 11.7. The fraction of sp³-hybridized carbons (Fsp3) is 0.621. The molecule has 0 bridgehead atoms. The van der Waals surface area contributed by atoms with E-state index < -0.39 is 5.97 Å². The minimum absolute atomic E-state index is 0.0459. The van der Waals surface area contributed by atoms with Crippen LogP contribution in [0, 0.1) is 11.3 Å². The predicted octanol–water partition coefficient (Wildman–Crippen LogP) is 5.34. The van der Waals surface area contributed by atoms with Gasteiger partial charge in [0.1, 0.15) is 11.5 Å². The summed E-state index contributed by atoms with van der Waals surface area (Å²) in [6.07, 6.45) is 10.9. The number of rotatable bonds is 17. The van der Waals surface area contributed by atoms with Crippen LogP contribution in [-0.2, 0) is 22.6 Å². The number of amides is 1. The Labute approximate surface area is 225 Å². The van der Waals surface area contributed by atoms with Crippen LogP contribution in [0.2, 0.25) is 0 Å². The molecule has 1 aliphatic rings. The van der Waals surface area contributed by atoms with Crippen molar-refractivity contribution in [1.82, 2.24) is 9.99 Å². The number of hydrogen-bond acceptors (Lipinski definition) is 6. The maximum atomic E-state index is 12.8. The van der Waals surface area contributed by atoms with E-state index in [0.29, 0.717) is 25.2 Å². The Morgan fingerprint density at radius 2 is 1.89 bits per heavy atom. The Morgan fingerprint density at radius 3 is 2.61 bits per heavy atom. The van der Waals surface area contributed by atoms with Crippen molar-refractivity contribution in [1.29, 1.82) is 5.26 Å². The van der Waals surface area contributed by atoms with Crippen molar-refractivity contribution in [3.05, 3.63) is 23.4 Å². The number of ether oxygens (including phenoxy) is 2. The molecule has 0 spiro atoms. The lowest BCUT2D eigenvalue weighted by Gasteiger charge is -2.23. The van der Waals surface area contributed by atoms with Gasteiger partial charge in [-0.2, -0.15) is 5.26 Å². The van der Waals surface area contributed by atoms with Gasteiger partial charge in [0.05, 0.1) is 30.7 Å². The number of nitrogens with one attached hydrogen (secondary N) is 1. The smallest absolute Gasteiger partial charge is 0.303 e. The fourth-order valence-corrected chi connectivity index (χ4v) is 5.39. The molecule has 9 nitrogen and oxygen atoms in total. The Hall–Kier alpha value is -3.25. The van der Waals surface area contributed by atoms with Crippen molar-refractivity contribution in [2.24, 2.45) is 5.84 Å². The molecule has 2 aromatic rings. The summed E-state index contributed by atoms with van der Waals surface area (Å²) in [5.41, 5.74) is 5.52. The molecule has 3 rings (SSSR count). The third-order valence-corrected chi connectivity index (χ3v) is 7.14. The molecule has 0 radical (unpaired) electrons. The first kappa shape index (κ1) is 29.3. The number of aryl methyl sites for hydroxylation is 1. The minimum atomic E-state index is -0.847. The van der Waals surface area contributed by atoms with Crippen LogP contribution in [0.1, 0.15) is 101 Å². The molecule has 1 aromatic heterocycles. The summed E-state index contributed by atoms with van der Waals surface area (Å²) in [6, 6.07) is 6.08. The lowest BCUT2D eigenvalue weighted by atomic mass is 9.84. The molecule has 1 amide bonds. The summed E-state index contributed by atoms with van der Waals surface area (Å²) >= 11 is 0. The molecule has 0 aliphatic heterocycles. The number of nitrogens with zero attached hydrogens (tertiary/aromatic N) is 2. The SMILES string of the molecule is CCCOc1cc(OCCCC(=O)O)cc2c3c(n(CCCCCCCCC#N)c12)CCCC3C(=O)NN. The summed E-state index contributed by atoms with van der Waals surface area (Å²) < 4.78 is 14.5.